The summed E-state index contributed by atoms with van der Waals surface area (Å²) < 4.78 is 16.7. The van der Waals surface area contributed by atoms with Crippen LogP contribution in [0.4, 0.5) is 6.01 Å². The lowest BCUT2D eigenvalue weighted by Crippen LogP contribution is -2.46. The number of ether oxygens (including phenoxy) is 1. The largest absolute Gasteiger partial charge is 0.497 e. The molecule has 1 saturated heterocycles. The number of fused-ring (bicyclic) bond motifs is 1. The Bertz CT molecular complexity index is 1160. The SMILES string of the molecule is COc1cccc(-c2noc(CN3CCN(c4nc5cc(C)ccc5o4)CC3)n2)c1. The van der Waals surface area contributed by atoms with Gasteiger partial charge in [0.15, 0.2) is 5.58 Å². The smallest absolute Gasteiger partial charge is 0.298 e. The Balaban J connectivity index is 1.21. The molecule has 0 spiro atoms. The molecule has 0 N–H and O–H groups in total. The van der Waals surface area contributed by atoms with Crippen molar-refractivity contribution in [3.8, 4) is 17.1 Å². The first-order valence-corrected chi connectivity index (χ1v) is 9.99. The van der Waals surface area contributed by atoms with E-state index in [0.29, 0.717) is 24.3 Å². The second kappa shape index (κ2) is 7.79. The number of hydrogen-bond donors (Lipinski definition) is 0. The topological polar surface area (TPSA) is 80.7 Å². The molecule has 4 aromatic rings. The molecule has 5 rings (SSSR count). The fraction of sp³-hybridized carbons (Fsp3) is 0.318. The summed E-state index contributed by atoms with van der Waals surface area (Å²) in [5, 5.41) is 4.12. The Morgan fingerprint density at radius 2 is 1.90 bits per heavy atom. The summed E-state index contributed by atoms with van der Waals surface area (Å²) in [6.07, 6.45) is 0. The summed E-state index contributed by atoms with van der Waals surface area (Å²) in [7, 11) is 1.64. The fourth-order valence-electron chi connectivity index (χ4n) is 3.65. The Morgan fingerprint density at radius 3 is 2.73 bits per heavy atom. The second-order valence-electron chi connectivity index (χ2n) is 7.47. The van der Waals surface area contributed by atoms with Crippen LogP contribution in [-0.2, 0) is 6.54 Å². The average molecular weight is 405 g/mol. The number of aromatic nitrogens is 3. The highest BCUT2D eigenvalue weighted by Gasteiger charge is 2.23. The van der Waals surface area contributed by atoms with Crippen molar-refractivity contribution in [3.63, 3.8) is 0 Å². The quantitative estimate of drug-likeness (QED) is 0.499. The summed E-state index contributed by atoms with van der Waals surface area (Å²) in [4.78, 5) is 13.7. The molecule has 0 saturated carbocycles. The Labute approximate surface area is 174 Å². The van der Waals surface area contributed by atoms with Gasteiger partial charge in [-0.2, -0.15) is 9.97 Å². The van der Waals surface area contributed by atoms with Crippen molar-refractivity contribution in [1.29, 1.82) is 0 Å². The van der Waals surface area contributed by atoms with Gasteiger partial charge in [-0.25, -0.2) is 0 Å². The number of aryl methyl sites for hydroxylation is 1. The van der Waals surface area contributed by atoms with Crippen LogP contribution in [0.1, 0.15) is 11.5 Å². The highest BCUT2D eigenvalue weighted by Crippen LogP contribution is 2.25. The standard InChI is InChI=1S/C22H23N5O3/c1-15-6-7-19-18(12-15)23-22(29-19)27-10-8-26(9-11-27)14-20-24-21(25-30-20)16-4-3-5-17(13-16)28-2/h3-7,12-13H,8-11,14H2,1-2H3. The molecule has 1 aliphatic rings. The molecule has 1 fully saturated rings. The van der Waals surface area contributed by atoms with E-state index in [9.17, 15) is 0 Å². The first kappa shape index (κ1) is 18.6. The van der Waals surface area contributed by atoms with Gasteiger partial charge in [-0.15, -0.1) is 0 Å². The summed E-state index contributed by atoms with van der Waals surface area (Å²) in [6.45, 7) is 6.09. The molecule has 154 valence electrons. The zero-order valence-corrected chi connectivity index (χ0v) is 17.0. The number of benzene rings is 2. The van der Waals surface area contributed by atoms with Gasteiger partial charge in [0.25, 0.3) is 6.01 Å². The molecule has 0 atom stereocenters. The highest BCUT2D eigenvalue weighted by molar-refractivity contribution is 5.75. The van der Waals surface area contributed by atoms with Crippen molar-refractivity contribution in [1.82, 2.24) is 20.0 Å². The van der Waals surface area contributed by atoms with Gasteiger partial charge in [0, 0.05) is 31.7 Å². The van der Waals surface area contributed by atoms with Gasteiger partial charge in [0.1, 0.15) is 11.3 Å². The van der Waals surface area contributed by atoms with E-state index < -0.39 is 0 Å². The van der Waals surface area contributed by atoms with Gasteiger partial charge < -0.3 is 18.6 Å². The van der Waals surface area contributed by atoms with E-state index in [1.54, 1.807) is 7.11 Å². The first-order chi connectivity index (χ1) is 14.7. The van der Waals surface area contributed by atoms with Crippen molar-refractivity contribution in [2.45, 2.75) is 13.5 Å². The predicted molar refractivity (Wildman–Crippen MR) is 113 cm³/mol. The number of anilines is 1. The maximum atomic E-state index is 5.93. The lowest BCUT2D eigenvalue weighted by Gasteiger charge is -2.32. The van der Waals surface area contributed by atoms with E-state index in [2.05, 4.69) is 31.8 Å². The zero-order chi connectivity index (χ0) is 20.5. The zero-order valence-electron chi connectivity index (χ0n) is 17.0. The molecule has 2 aromatic heterocycles. The minimum absolute atomic E-state index is 0.573. The van der Waals surface area contributed by atoms with Crippen LogP contribution in [0.3, 0.4) is 0 Å². The van der Waals surface area contributed by atoms with Gasteiger partial charge in [0.05, 0.1) is 13.7 Å². The van der Waals surface area contributed by atoms with Crippen LogP contribution in [0.25, 0.3) is 22.5 Å². The molecule has 3 heterocycles. The van der Waals surface area contributed by atoms with Crippen LogP contribution in [0.2, 0.25) is 0 Å². The van der Waals surface area contributed by atoms with Gasteiger partial charge >= 0.3 is 0 Å². The number of nitrogens with zero attached hydrogens (tertiary/aromatic N) is 5. The normalized spacial score (nSPS) is 15.1. The number of rotatable bonds is 5. The van der Waals surface area contributed by atoms with Crippen molar-refractivity contribution in [3.05, 3.63) is 53.9 Å². The lowest BCUT2D eigenvalue weighted by atomic mass is 10.2. The third kappa shape index (κ3) is 3.73. The number of hydrogen-bond acceptors (Lipinski definition) is 8. The fourth-order valence-corrected chi connectivity index (χ4v) is 3.65. The molecule has 0 amide bonds. The molecule has 0 radical (unpaired) electrons. The number of methoxy groups -OCH3 is 1. The molecular formula is C22H23N5O3. The Morgan fingerprint density at radius 1 is 1.03 bits per heavy atom. The third-order valence-corrected chi connectivity index (χ3v) is 5.33. The molecule has 2 aromatic carbocycles. The molecular weight excluding hydrogens is 382 g/mol. The molecule has 30 heavy (non-hydrogen) atoms. The molecule has 1 aliphatic heterocycles. The Kier molecular flexibility index (Phi) is 4.84. The van der Waals surface area contributed by atoms with Crippen LogP contribution >= 0.6 is 0 Å². The average Bonchev–Trinajstić information content (AvgIpc) is 3.41. The van der Waals surface area contributed by atoms with Crippen molar-refractivity contribution < 1.29 is 13.7 Å². The van der Waals surface area contributed by atoms with E-state index in [1.807, 2.05) is 42.5 Å². The van der Waals surface area contributed by atoms with E-state index in [0.717, 1.165) is 48.6 Å². The monoisotopic (exact) mass is 405 g/mol. The summed E-state index contributed by atoms with van der Waals surface area (Å²) >= 11 is 0. The highest BCUT2D eigenvalue weighted by atomic mass is 16.5. The molecule has 8 heteroatoms. The van der Waals surface area contributed by atoms with Crippen LogP contribution in [0.15, 0.2) is 51.4 Å². The van der Waals surface area contributed by atoms with Gasteiger partial charge in [-0.05, 0) is 36.8 Å². The van der Waals surface area contributed by atoms with Crippen LogP contribution in [0.5, 0.6) is 5.75 Å². The summed E-state index contributed by atoms with van der Waals surface area (Å²) in [5.41, 5.74) is 3.79. The molecule has 0 bridgehead atoms. The van der Waals surface area contributed by atoms with Gasteiger partial charge in [-0.1, -0.05) is 23.4 Å². The molecule has 0 aliphatic carbocycles. The molecule has 0 unspecified atom stereocenters. The van der Waals surface area contributed by atoms with E-state index in [4.69, 9.17) is 13.7 Å². The maximum absolute atomic E-state index is 5.93. The van der Waals surface area contributed by atoms with Crippen LogP contribution in [0, 0.1) is 6.92 Å². The number of oxazole rings is 1. The van der Waals surface area contributed by atoms with E-state index >= 15 is 0 Å². The Hall–Kier alpha value is -3.39. The van der Waals surface area contributed by atoms with E-state index in [-0.39, 0.29) is 0 Å². The second-order valence-corrected chi connectivity index (χ2v) is 7.47. The van der Waals surface area contributed by atoms with Crippen LogP contribution in [-0.4, -0.2) is 53.3 Å². The number of piperazine rings is 1. The van der Waals surface area contributed by atoms with Gasteiger partial charge in [0.2, 0.25) is 11.7 Å². The van der Waals surface area contributed by atoms with Crippen molar-refractivity contribution >= 4 is 17.1 Å². The van der Waals surface area contributed by atoms with Crippen molar-refractivity contribution in [2.24, 2.45) is 0 Å². The van der Waals surface area contributed by atoms with Crippen LogP contribution < -0.4 is 9.64 Å². The predicted octanol–water partition coefficient (Wildman–Crippen LogP) is 3.52. The first-order valence-electron chi connectivity index (χ1n) is 9.99. The molecule has 8 nitrogen and oxygen atoms in total. The summed E-state index contributed by atoms with van der Waals surface area (Å²) in [6, 6.07) is 14.4. The minimum atomic E-state index is 0.573. The summed E-state index contributed by atoms with van der Waals surface area (Å²) in [5.74, 6) is 1.95. The lowest BCUT2D eigenvalue weighted by molar-refractivity contribution is 0.213. The maximum Gasteiger partial charge on any atom is 0.298 e. The third-order valence-electron chi connectivity index (χ3n) is 5.33. The van der Waals surface area contributed by atoms with Gasteiger partial charge in [-0.3, -0.25) is 4.90 Å². The van der Waals surface area contributed by atoms with E-state index in [1.165, 1.54) is 5.56 Å². The van der Waals surface area contributed by atoms with Crippen molar-refractivity contribution in [2.75, 3.05) is 38.2 Å². The minimum Gasteiger partial charge on any atom is -0.497 e.